The van der Waals surface area contributed by atoms with Crippen LogP contribution in [-0.2, 0) is 0 Å². The molecule has 132 valence electrons. The molecular weight excluding hydrogens is 461 g/mol. The molecular formula is C18H10BrCl2NO3S. The topological polar surface area (TPSA) is 66.4 Å². The Morgan fingerprint density at radius 1 is 1.04 bits per heavy atom. The second kappa shape index (κ2) is 7.80. The minimum absolute atomic E-state index is 0.00112. The number of carbonyl (C=O) groups is 2. The van der Waals surface area contributed by atoms with E-state index in [9.17, 15) is 14.7 Å². The lowest BCUT2D eigenvalue weighted by molar-refractivity contribution is 0.0699. The molecule has 4 nitrogen and oxygen atoms in total. The number of hydrogen-bond donors (Lipinski definition) is 2. The molecule has 3 aromatic rings. The fourth-order valence-corrected chi connectivity index (χ4v) is 4.13. The lowest BCUT2D eigenvalue weighted by atomic mass is 10.1. The highest BCUT2D eigenvalue weighted by Crippen LogP contribution is 2.38. The lowest BCUT2D eigenvalue weighted by Crippen LogP contribution is -2.13. The van der Waals surface area contributed by atoms with Gasteiger partial charge >= 0.3 is 5.97 Å². The van der Waals surface area contributed by atoms with Gasteiger partial charge in [-0.3, -0.25) is 4.79 Å². The fourth-order valence-electron chi connectivity index (χ4n) is 2.36. The summed E-state index contributed by atoms with van der Waals surface area (Å²) >= 11 is 16.5. The zero-order valence-electron chi connectivity index (χ0n) is 12.9. The Bertz CT molecular complexity index is 982. The van der Waals surface area contributed by atoms with Gasteiger partial charge in [-0.25, -0.2) is 4.79 Å². The molecule has 1 aromatic heterocycles. The van der Waals surface area contributed by atoms with Crippen LogP contribution in [0.25, 0.3) is 10.4 Å². The van der Waals surface area contributed by atoms with Gasteiger partial charge in [-0.15, -0.1) is 11.3 Å². The SMILES string of the molecule is O=C(Nc1csc(-c2cc(Cl)cc(Cl)c2)c1C(=O)O)c1ccc(Br)cc1. The van der Waals surface area contributed by atoms with Crippen molar-refractivity contribution in [2.75, 3.05) is 5.32 Å². The van der Waals surface area contributed by atoms with Crippen LogP contribution in [0.5, 0.6) is 0 Å². The number of amides is 1. The fraction of sp³-hybridized carbons (Fsp3) is 0. The Balaban J connectivity index is 1.98. The molecule has 0 aliphatic heterocycles. The molecule has 0 saturated carbocycles. The number of nitrogens with one attached hydrogen (secondary N) is 1. The van der Waals surface area contributed by atoms with Crippen LogP contribution >= 0.6 is 50.5 Å². The number of anilines is 1. The molecule has 3 rings (SSSR count). The van der Waals surface area contributed by atoms with Gasteiger partial charge < -0.3 is 10.4 Å². The van der Waals surface area contributed by atoms with Crippen LogP contribution in [0.15, 0.2) is 52.3 Å². The van der Waals surface area contributed by atoms with Gasteiger partial charge in [-0.05, 0) is 48.0 Å². The van der Waals surface area contributed by atoms with Crippen molar-refractivity contribution in [1.29, 1.82) is 0 Å². The van der Waals surface area contributed by atoms with Gasteiger partial charge in [-0.2, -0.15) is 0 Å². The molecule has 0 bridgehead atoms. The van der Waals surface area contributed by atoms with E-state index < -0.39 is 11.9 Å². The molecule has 0 fully saturated rings. The summed E-state index contributed by atoms with van der Waals surface area (Å²) in [5, 5.41) is 14.7. The van der Waals surface area contributed by atoms with Gasteiger partial charge in [-0.1, -0.05) is 39.1 Å². The summed E-state index contributed by atoms with van der Waals surface area (Å²) < 4.78 is 0.843. The normalized spacial score (nSPS) is 10.6. The number of carboxylic acid groups (broad SMARTS) is 1. The zero-order chi connectivity index (χ0) is 18.8. The van der Waals surface area contributed by atoms with E-state index in [0.29, 0.717) is 26.0 Å². The van der Waals surface area contributed by atoms with E-state index in [0.717, 1.165) is 4.47 Å². The molecule has 0 atom stereocenters. The average Bonchev–Trinajstić information content (AvgIpc) is 2.98. The minimum Gasteiger partial charge on any atom is -0.478 e. The highest BCUT2D eigenvalue weighted by Gasteiger charge is 2.22. The molecule has 2 aromatic carbocycles. The van der Waals surface area contributed by atoms with Crippen molar-refractivity contribution in [2.45, 2.75) is 0 Å². The maximum atomic E-state index is 12.4. The number of rotatable bonds is 4. The summed E-state index contributed by atoms with van der Waals surface area (Å²) in [6.45, 7) is 0. The third-order valence-electron chi connectivity index (χ3n) is 3.48. The third-order valence-corrected chi connectivity index (χ3v) is 5.48. The van der Waals surface area contributed by atoms with Gasteiger partial charge in [0.15, 0.2) is 0 Å². The predicted molar refractivity (Wildman–Crippen MR) is 109 cm³/mol. The Morgan fingerprint density at radius 2 is 1.65 bits per heavy atom. The average molecular weight is 471 g/mol. The van der Waals surface area contributed by atoms with Crippen LogP contribution in [0.2, 0.25) is 10.0 Å². The summed E-state index contributed by atoms with van der Waals surface area (Å²) in [6, 6.07) is 11.6. The molecule has 1 heterocycles. The Hall–Kier alpha value is -1.86. The molecule has 0 aliphatic carbocycles. The van der Waals surface area contributed by atoms with Crippen LogP contribution in [0, 0.1) is 0 Å². The van der Waals surface area contributed by atoms with Gasteiger partial charge in [0, 0.05) is 25.5 Å². The Morgan fingerprint density at radius 3 is 2.23 bits per heavy atom. The molecule has 1 amide bonds. The number of thiophene rings is 1. The van der Waals surface area contributed by atoms with Crippen molar-refractivity contribution >= 4 is 68.0 Å². The predicted octanol–water partition coefficient (Wildman–Crippen LogP) is 6.43. The standard InChI is InChI=1S/C18H10BrCl2NO3S/c19-11-3-1-9(2-4-11)17(23)22-14-8-26-16(15(14)18(24)25)10-5-12(20)7-13(21)6-10/h1-8H,(H,22,23)(H,24,25). The van der Waals surface area contributed by atoms with E-state index in [4.69, 9.17) is 23.2 Å². The first-order valence-corrected chi connectivity index (χ1v) is 9.66. The van der Waals surface area contributed by atoms with Crippen molar-refractivity contribution in [3.05, 3.63) is 73.5 Å². The van der Waals surface area contributed by atoms with Gasteiger partial charge in [0.05, 0.1) is 10.6 Å². The molecule has 0 aliphatic rings. The first-order chi connectivity index (χ1) is 12.3. The summed E-state index contributed by atoms with van der Waals surface area (Å²) in [5.41, 5.74) is 1.22. The van der Waals surface area contributed by atoms with Crippen LogP contribution in [-0.4, -0.2) is 17.0 Å². The molecule has 0 spiro atoms. The number of hydrogen-bond acceptors (Lipinski definition) is 3. The molecule has 0 radical (unpaired) electrons. The molecule has 0 saturated heterocycles. The number of halogens is 3. The number of carbonyl (C=O) groups excluding carboxylic acids is 1. The van der Waals surface area contributed by atoms with E-state index in [1.165, 1.54) is 11.3 Å². The van der Waals surface area contributed by atoms with Crippen LogP contribution in [0.4, 0.5) is 5.69 Å². The number of carboxylic acids is 1. The van der Waals surface area contributed by atoms with E-state index in [-0.39, 0.29) is 11.3 Å². The molecule has 2 N–H and O–H groups in total. The number of aromatic carboxylic acids is 1. The van der Waals surface area contributed by atoms with E-state index in [1.54, 1.807) is 47.8 Å². The highest BCUT2D eigenvalue weighted by atomic mass is 79.9. The van der Waals surface area contributed by atoms with Crippen molar-refractivity contribution in [1.82, 2.24) is 0 Å². The zero-order valence-corrected chi connectivity index (χ0v) is 16.8. The van der Waals surface area contributed by atoms with E-state index >= 15 is 0 Å². The Labute approximate surface area is 171 Å². The number of benzene rings is 2. The second-order valence-electron chi connectivity index (χ2n) is 5.28. The van der Waals surface area contributed by atoms with Crippen molar-refractivity contribution in [3.8, 4) is 10.4 Å². The van der Waals surface area contributed by atoms with Crippen molar-refractivity contribution in [2.24, 2.45) is 0 Å². The second-order valence-corrected chi connectivity index (χ2v) is 7.95. The monoisotopic (exact) mass is 469 g/mol. The first kappa shape index (κ1) is 18.9. The molecule has 0 unspecified atom stereocenters. The van der Waals surface area contributed by atoms with Crippen LogP contribution < -0.4 is 5.32 Å². The quantitative estimate of drug-likeness (QED) is 0.461. The summed E-state index contributed by atoms with van der Waals surface area (Å²) in [6.07, 6.45) is 0. The van der Waals surface area contributed by atoms with Crippen molar-refractivity contribution in [3.63, 3.8) is 0 Å². The third kappa shape index (κ3) is 4.10. The van der Waals surface area contributed by atoms with Crippen molar-refractivity contribution < 1.29 is 14.7 Å². The smallest absolute Gasteiger partial charge is 0.339 e. The van der Waals surface area contributed by atoms with Gasteiger partial charge in [0.2, 0.25) is 0 Å². The van der Waals surface area contributed by atoms with E-state index in [1.807, 2.05) is 0 Å². The van der Waals surface area contributed by atoms with Crippen LogP contribution in [0.1, 0.15) is 20.7 Å². The Kier molecular flexibility index (Phi) is 5.67. The van der Waals surface area contributed by atoms with Crippen LogP contribution in [0.3, 0.4) is 0 Å². The largest absolute Gasteiger partial charge is 0.478 e. The molecule has 8 heteroatoms. The van der Waals surface area contributed by atoms with Gasteiger partial charge in [0.1, 0.15) is 5.56 Å². The maximum Gasteiger partial charge on any atom is 0.339 e. The first-order valence-electron chi connectivity index (χ1n) is 7.23. The molecule has 26 heavy (non-hydrogen) atoms. The lowest BCUT2D eigenvalue weighted by Gasteiger charge is -2.07. The van der Waals surface area contributed by atoms with Gasteiger partial charge in [0.25, 0.3) is 5.91 Å². The summed E-state index contributed by atoms with van der Waals surface area (Å²) in [4.78, 5) is 24.7. The highest BCUT2D eigenvalue weighted by molar-refractivity contribution is 9.10. The summed E-state index contributed by atoms with van der Waals surface area (Å²) in [7, 11) is 0. The summed E-state index contributed by atoms with van der Waals surface area (Å²) in [5.74, 6) is -1.54. The maximum absolute atomic E-state index is 12.4. The minimum atomic E-state index is -1.15. The van der Waals surface area contributed by atoms with E-state index in [2.05, 4.69) is 21.2 Å².